The Labute approximate surface area is 129 Å². The van der Waals surface area contributed by atoms with Crippen molar-refractivity contribution in [1.29, 1.82) is 0 Å². The Bertz CT molecular complexity index is 640. The monoisotopic (exact) mass is 304 g/mol. The fourth-order valence-electron chi connectivity index (χ4n) is 2.33. The number of pyridine rings is 1. The lowest BCUT2D eigenvalue weighted by Crippen LogP contribution is -2.16. The Balaban J connectivity index is 1.84. The highest BCUT2D eigenvalue weighted by atomic mass is 35.5. The number of benzene rings is 1. The molecule has 4 nitrogen and oxygen atoms in total. The highest BCUT2D eigenvalue weighted by Crippen LogP contribution is 2.34. The van der Waals surface area contributed by atoms with Crippen molar-refractivity contribution in [2.24, 2.45) is 0 Å². The normalized spacial score (nSPS) is 14.6. The molecular formula is C16H17ClN2O2. The van der Waals surface area contributed by atoms with Crippen LogP contribution in [0.1, 0.15) is 24.1 Å². The summed E-state index contributed by atoms with van der Waals surface area (Å²) in [5, 5.41) is 3.90. The summed E-state index contributed by atoms with van der Waals surface area (Å²) in [5.74, 6) is 1.59. The predicted octanol–water partition coefficient (Wildman–Crippen LogP) is 3.99. The maximum absolute atomic E-state index is 6.16. The van der Waals surface area contributed by atoms with Crippen molar-refractivity contribution < 1.29 is 9.47 Å². The van der Waals surface area contributed by atoms with Gasteiger partial charge in [-0.1, -0.05) is 17.7 Å². The van der Waals surface area contributed by atoms with E-state index < -0.39 is 0 Å². The molecular weight excluding hydrogens is 288 g/mol. The molecule has 1 aromatic carbocycles. The molecule has 2 aromatic rings. The highest BCUT2D eigenvalue weighted by Gasteiger charge is 2.15. The van der Waals surface area contributed by atoms with Gasteiger partial charge in [0, 0.05) is 12.2 Å². The maximum atomic E-state index is 6.16. The highest BCUT2D eigenvalue weighted by molar-refractivity contribution is 6.32. The average molecular weight is 305 g/mol. The zero-order valence-corrected chi connectivity index (χ0v) is 12.8. The minimum absolute atomic E-state index is 0.0845. The summed E-state index contributed by atoms with van der Waals surface area (Å²) in [5.41, 5.74) is 3.04. The van der Waals surface area contributed by atoms with Crippen molar-refractivity contribution in [1.82, 2.24) is 4.98 Å². The molecule has 1 aliphatic rings. The standard InChI is InChI=1S/C16H17ClN2O2/c1-10-5-6-18-16(17)15(10)19-11(2)12-3-4-13-14(9-12)21-8-7-20-13/h3-6,9,11,19H,7-8H2,1-2H3. The van der Waals surface area contributed by atoms with Crippen LogP contribution in [-0.4, -0.2) is 18.2 Å². The van der Waals surface area contributed by atoms with Crippen molar-refractivity contribution in [3.63, 3.8) is 0 Å². The average Bonchev–Trinajstić information content (AvgIpc) is 2.50. The first-order chi connectivity index (χ1) is 10.1. The summed E-state index contributed by atoms with van der Waals surface area (Å²) in [6.07, 6.45) is 1.71. The van der Waals surface area contributed by atoms with E-state index in [9.17, 15) is 0 Å². The number of ether oxygens (including phenoxy) is 2. The molecule has 2 heterocycles. The van der Waals surface area contributed by atoms with Gasteiger partial charge in [-0.05, 0) is 43.2 Å². The molecule has 3 rings (SSSR count). The van der Waals surface area contributed by atoms with E-state index in [1.807, 2.05) is 31.2 Å². The van der Waals surface area contributed by atoms with E-state index >= 15 is 0 Å². The summed E-state index contributed by atoms with van der Waals surface area (Å²) < 4.78 is 11.2. The number of aromatic nitrogens is 1. The van der Waals surface area contributed by atoms with Crippen molar-refractivity contribution >= 4 is 17.3 Å². The second kappa shape index (κ2) is 5.82. The fourth-order valence-corrected chi connectivity index (χ4v) is 2.59. The molecule has 0 bridgehead atoms. The number of nitrogens with one attached hydrogen (secondary N) is 1. The molecule has 1 aromatic heterocycles. The molecule has 5 heteroatoms. The summed E-state index contributed by atoms with van der Waals surface area (Å²) >= 11 is 6.16. The van der Waals surface area contributed by atoms with Crippen molar-refractivity contribution in [2.75, 3.05) is 18.5 Å². The Morgan fingerprint density at radius 2 is 1.95 bits per heavy atom. The van der Waals surface area contributed by atoms with Crippen LogP contribution in [0.15, 0.2) is 30.5 Å². The lowest BCUT2D eigenvalue weighted by molar-refractivity contribution is 0.171. The number of aryl methyl sites for hydroxylation is 1. The van der Waals surface area contributed by atoms with Crippen LogP contribution in [0.3, 0.4) is 0 Å². The van der Waals surface area contributed by atoms with Gasteiger partial charge >= 0.3 is 0 Å². The minimum Gasteiger partial charge on any atom is -0.486 e. The first-order valence-corrected chi connectivity index (χ1v) is 7.30. The van der Waals surface area contributed by atoms with E-state index in [4.69, 9.17) is 21.1 Å². The van der Waals surface area contributed by atoms with Crippen LogP contribution in [-0.2, 0) is 0 Å². The quantitative estimate of drug-likeness (QED) is 0.871. The van der Waals surface area contributed by atoms with Crippen LogP contribution < -0.4 is 14.8 Å². The van der Waals surface area contributed by atoms with Gasteiger partial charge in [-0.2, -0.15) is 0 Å². The van der Waals surface area contributed by atoms with Crippen LogP contribution in [0.25, 0.3) is 0 Å². The molecule has 0 fully saturated rings. The molecule has 0 spiro atoms. The van der Waals surface area contributed by atoms with E-state index in [1.165, 1.54) is 0 Å². The summed E-state index contributed by atoms with van der Waals surface area (Å²) in [4.78, 5) is 4.12. The number of rotatable bonds is 3. The molecule has 21 heavy (non-hydrogen) atoms. The molecule has 1 N–H and O–H groups in total. The third-order valence-electron chi connectivity index (χ3n) is 3.54. The SMILES string of the molecule is Cc1ccnc(Cl)c1NC(C)c1ccc2c(c1)OCCO2. The van der Waals surface area contributed by atoms with Crippen LogP contribution in [0.2, 0.25) is 5.15 Å². The van der Waals surface area contributed by atoms with Gasteiger partial charge in [0.15, 0.2) is 16.7 Å². The molecule has 110 valence electrons. The van der Waals surface area contributed by atoms with Crippen molar-refractivity contribution in [2.45, 2.75) is 19.9 Å². The largest absolute Gasteiger partial charge is 0.486 e. The smallest absolute Gasteiger partial charge is 0.161 e. The van der Waals surface area contributed by atoms with E-state index in [1.54, 1.807) is 6.20 Å². The molecule has 0 amide bonds. The molecule has 0 saturated heterocycles. The summed E-state index contributed by atoms with van der Waals surface area (Å²) in [6, 6.07) is 8.00. The van der Waals surface area contributed by atoms with E-state index in [0.717, 1.165) is 28.3 Å². The number of anilines is 1. The van der Waals surface area contributed by atoms with Crippen LogP contribution in [0.5, 0.6) is 11.5 Å². The fraction of sp³-hybridized carbons (Fsp3) is 0.312. The molecule has 0 saturated carbocycles. The van der Waals surface area contributed by atoms with E-state index in [-0.39, 0.29) is 6.04 Å². The van der Waals surface area contributed by atoms with Crippen LogP contribution >= 0.6 is 11.6 Å². The second-order valence-electron chi connectivity index (χ2n) is 5.06. The van der Waals surface area contributed by atoms with Gasteiger partial charge in [-0.15, -0.1) is 0 Å². The zero-order valence-electron chi connectivity index (χ0n) is 12.0. The van der Waals surface area contributed by atoms with Crippen LogP contribution in [0.4, 0.5) is 5.69 Å². The Hall–Kier alpha value is -1.94. The van der Waals surface area contributed by atoms with Crippen molar-refractivity contribution in [3.05, 3.63) is 46.7 Å². The van der Waals surface area contributed by atoms with E-state index in [2.05, 4.69) is 17.2 Å². The first-order valence-electron chi connectivity index (χ1n) is 6.92. The van der Waals surface area contributed by atoms with Gasteiger partial charge in [0.05, 0.1) is 5.69 Å². The molecule has 1 aliphatic heterocycles. The predicted molar refractivity (Wildman–Crippen MR) is 83.5 cm³/mol. The number of fused-ring (bicyclic) bond motifs is 1. The summed E-state index contributed by atoms with van der Waals surface area (Å²) in [6.45, 7) is 5.27. The van der Waals surface area contributed by atoms with Gasteiger partial charge in [0.2, 0.25) is 0 Å². The van der Waals surface area contributed by atoms with Gasteiger partial charge in [-0.3, -0.25) is 0 Å². The van der Waals surface area contributed by atoms with E-state index in [0.29, 0.717) is 18.4 Å². The van der Waals surface area contributed by atoms with Crippen LogP contribution in [0, 0.1) is 6.92 Å². The van der Waals surface area contributed by atoms with Gasteiger partial charge in [-0.25, -0.2) is 4.98 Å². The number of hydrogen-bond acceptors (Lipinski definition) is 4. The molecule has 0 radical (unpaired) electrons. The summed E-state index contributed by atoms with van der Waals surface area (Å²) in [7, 11) is 0. The lowest BCUT2D eigenvalue weighted by atomic mass is 10.1. The number of hydrogen-bond donors (Lipinski definition) is 1. The number of halogens is 1. The third kappa shape index (κ3) is 2.90. The third-order valence-corrected chi connectivity index (χ3v) is 3.83. The Morgan fingerprint density at radius 3 is 2.71 bits per heavy atom. The van der Waals surface area contributed by atoms with Gasteiger partial charge in [0.25, 0.3) is 0 Å². The first kappa shape index (κ1) is 14.0. The Morgan fingerprint density at radius 1 is 1.19 bits per heavy atom. The van der Waals surface area contributed by atoms with Crippen molar-refractivity contribution in [3.8, 4) is 11.5 Å². The zero-order chi connectivity index (χ0) is 14.8. The lowest BCUT2D eigenvalue weighted by Gasteiger charge is -2.22. The maximum Gasteiger partial charge on any atom is 0.161 e. The molecule has 1 unspecified atom stereocenters. The topological polar surface area (TPSA) is 43.4 Å². The van der Waals surface area contributed by atoms with Gasteiger partial charge in [0.1, 0.15) is 13.2 Å². The molecule has 1 atom stereocenters. The molecule has 0 aliphatic carbocycles. The minimum atomic E-state index is 0.0845. The van der Waals surface area contributed by atoms with Gasteiger partial charge < -0.3 is 14.8 Å². The number of nitrogens with zero attached hydrogens (tertiary/aromatic N) is 1. The second-order valence-corrected chi connectivity index (χ2v) is 5.42. The Kier molecular flexibility index (Phi) is 3.88.